The Morgan fingerprint density at radius 1 is 0.830 bits per heavy atom. The van der Waals surface area contributed by atoms with E-state index in [1.165, 1.54) is 37.3 Å². The number of thiophene rings is 1. The Bertz CT molecular complexity index is 1870. The number of esters is 1. The zero-order chi connectivity index (χ0) is 33.3. The number of nitrogens with one attached hydrogen (secondary N) is 2. The Morgan fingerprint density at radius 2 is 1.57 bits per heavy atom. The molecule has 1 atom stereocenters. The van der Waals surface area contributed by atoms with Crippen LogP contribution < -0.4 is 20.1 Å². The van der Waals surface area contributed by atoms with Gasteiger partial charge in [-0.2, -0.15) is 0 Å². The number of carbonyl (C=O) groups is 3. The first-order valence-corrected chi connectivity index (χ1v) is 16.6. The summed E-state index contributed by atoms with van der Waals surface area (Å²) >= 11 is 2.62. The number of hydrogen-bond donors (Lipinski definition) is 2. The van der Waals surface area contributed by atoms with E-state index in [0.717, 1.165) is 21.6 Å². The summed E-state index contributed by atoms with van der Waals surface area (Å²) in [7, 11) is 3.05. The molecule has 0 fully saturated rings. The monoisotopic (exact) mass is 666 g/mol. The average molecular weight is 667 g/mol. The van der Waals surface area contributed by atoms with Crippen LogP contribution in [0.5, 0.6) is 11.5 Å². The highest BCUT2D eigenvalue weighted by atomic mass is 32.2. The number of methoxy groups -OCH3 is 2. The molecule has 0 saturated carbocycles. The second-order valence-corrected chi connectivity index (χ2v) is 12.4. The number of thioether (sulfide) groups is 1. The van der Waals surface area contributed by atoms with Gasteiger partial charge in [-0.25, -0.2) is 4.79 Å². The van der Waals surface area contributed by atoms with Gasteiger partial charge in [-0.15, -0.1) is 23.1 Å². The number of amides is 2. The van der Waals surface area contributed by atoms with Crippen LogP contribution >= 0.6 is 23.1 Å². The Morgan fingerprint density at radius 3 is 2.28 bits per heavy atom. The van der Waals surface area contributed by atoms with E-state index in [4.69, 9.17) is 14.2 Å². The average Bonchev–Trinajstić information content (AvgIpc) is 3.51. The number of ether oxygens (including phenoxy) is 3. The van der Waals surface area contributed by atoms with Crippen LogP contribution in [0.4, 0.5) is 10.7 Å². The fraction of sp³-hybridized carbons (Fsp3) is 0.162. The second-order valence-electron chi connectivity index (χ2n) is 10.4. The van der Waals surface area contributed by atoms with Crippen LogP contribution in [0.3, 0.4) is 0 Å². The van der Waals surface area contributed by atoms with Crippen molar-refractivity contribution in [2.45, 2.75) is 24.0 Å². The highest BCUT2D eigenvalue weighted by Gasteiger charge is 2.27. The first-order chi connectivity index (χ1) is 22.8. The van der Waals surface area contributed by atoms with Crippen molar-refractivity contribution >= 4 is 51.6 Å². The Balaban J connectivity index is 1.40. The molecule has 0 bridgehead atoms. The van der Waals surface area contributed by atoms with Gasteiger partial charge in [0.15, 0.2) is 11.5 Å². The van der Waals surface area contributed by atoms with Gasteiger partial charge in [0.1, 0.15) is 15.8 Å². The number of rotatable bonds is 12. The molecule has 5 rings (SSSR count). The van der Waals surface area contributed by atoms with Gasteiger partial charge >= 0.3 is 5.97 Å². The van der Waals surface area contributed by atoms with E-state index in [-0.39, 0.29) is 18.4 Å². The van der Waals surface area contributed by atoms with E-state index in [2.05, 4.69) is 10.6 Å². The molecule has 1 heterocycles. The molecule has 10 heteroatoms. The fourth-order valence-corrected chi connectivity index (χ4v) is 6.89. The third-order valence-electron chi connectivity index (χ3n) is 7.20. The van der Waals surface area contributed by atoms with E-state index >= 15 is 0 Å². The van der Waals surface area contributed by atoms with E-state index in [9.17, 15) is 14.4 Å². The van der Waals surface area contributed by atoms with E-state index < -0.39 is 11.2 Å². The van der Waals surface area contributed by atoms with Crippen molar-refractivity contribution in [2.75, 3.05) is 31.5 Å². The molecule has 0 saturated heterocycles. The lowest BCUT2D eigenvalue weighted by Crippen LogP contribution is -2.20. The predicted octanol–water partition coefficient (Wildman–Crippen LogP) is 8.64. The first-order valence-electron chi connectivity index (χ1n) is 14.8. The summed E-state index contributed by atoms with van der Waals surface area (Å²) in [6.07, 6.45) is 0. The van der Waals surface area contributed by atoms with Crippen LogP contribution in [0.2, 0.25) is 0 Å². The molecule has 0 aliphatic carbocycles. The van der Waals surface area contributed by atoms with Gasteiger partial charge in [-0.1, -0.05) is 66.2 Å². The molecular formula is C37H34N2O6S2. The Hall–Kier alpha value is -5.06. The lowest BCUT2D eigenvalue weighted by atomic mass is 10.0. The molecule has 8 nitrogen and oxygen atoms in total. The van der Waals surface area contributed by atoms with Gasteiger partial charge in [-0.3, -0.25) is 9.59 Å². The van der Waals surface area contributed by atoms with Gasteiger partial charge in [0.2, 0.25) is 5.91 Å². The van der Waals surface area contributed by atoms with Gasteiger partial charge in [0, 0.05) is 27.1 Å². The van der Waals surface area contributed by atoms with E-state index in [1.807, 2.05) is 85.1 Å². The zero-order valence-electron chi connectivity index (χ0n) is 26.4. The first kappa shape index (κ1) is 33.3. The van der Waals surface area contributed by atoms with Crippen LogP contribution in [0.15, 0.2) is 107 Å². The molecule has 2 N–H and O–H groups in total. The number of carbonyl (C=O) groups excluding carboxylic acids is 3. The molecule has 0 radical (unpaired) electrons. The minimum atomic E-state index is -0.673. The lowest BCUT2D eigenvalue weighted by molar-refractivity contribution is -0.115. The summed E-state index contributed by atoms with van der Waals surface area (Å²) in [4.78, 5) is 41.1. The lowest BCUT2D eigenvalue weighted by Gasteiger charge is -2.18. The molecule has 47 heavy (non-hydrogen) atoms. The standard InChI is InChI=1S/C37H34N2O6S2/c1-5-45-37(42)32-29(24-16-14-23(2)15-17-24)22-46-36(32)39-35(41)33(25-10-7-6-8-11-25)47-28-13-9-12-27(21-28)38-34(40)26-18-19-30(43-3)31(20-26)44-4/h6-22,33H,5H2,1-4H3,(H,38,40)(H,39,41). The van der Waals surface area contributed by atoms with Gasteiger partial charge in [-0.05, 0) is 61.4 Å². The summed E-state index contributed by atoms with van der Waals surface area (Å²) in [5, 5.41) is 7.56. The number of benzene rings is 4. The van der Waals surface area contributed by atoms with Gasteiger partial charge < -0.3 is 24.8 Å². The largest absolute Gasteiger partial charge is 0.493 e. The molecule has 1 unspecified atom stereocenters. The maximum absolute atomic E-state index is 14.0. The minimum absolute atomic E-state index is 0.205. The number of aryl methyl sites for hydroxylation is 1. The normalized spacial score (nSPS) is 11.3. The van der Waals surface area contributed by atoms with Crippen molar-refractivity contribution in [2.24, 2.45) is 0 Å². The van der Waals surface area contributed by atoms with Crippen LogP contribution in [0.1, 0.15) is 44.0 Å². The highest BCUT2D eigenvalue weighted by molar-refractivity contribution is 8.00. The summed E-state index contributed by atoms with van der Waals surface area (Å²) in [5.74, 6) is -0.149. The molecular weight excluding hydrogens is 633 g/mol. The summed E-state index contributed by atoms with van der Waals surface area (Å²) in [6.45, 7) is 3.95. The molecule has 5 aromatic rings. The minimum Gasteiger partial charge on any atom is -0.493 e. The molecule has 0 spiro atoms. The Kier molecular flexibility index (Phi) is 11.0. The zero-order valence-corrected chi connectivity index (χ0v) is 28.0. The van der Waals surface area contributed by atoms with Crippen molar-refractivity contribution in [1.29, 1.82) is 0 Å². The van der Waals surface area contributed by atoms with Crippen molar-refractivity contribution in [3.05, 3.63) is 125 Å². The topological polar surface area (TPSA) is 103 Å². The van der Waals surface area contributed by atoms with Gasteiger partial charge in [0.25, 0.3) is 5.91 Å². The number of anilines is 2. The summed E-state index contributed by atoms with van der Waals surface area (Å²) < 4.78 is 16.0. The summed E-state index contributed by atoms with van der Waals surface area (Å²) in [6, 6.07) is 29.5. The maximum Gasteiger partial charge on any atom is 0.341 e. The molecule has 0 aliphatic heterocycles. The van der Waals surface area contributed by atoms with Crippen LogP contribution in [0.25, 0.3) is 11.1 Å². The SMILES string of the molecule is CCOC(=O)c1c(-c2ccc(C)cc2)csc1NC(=O)C(Sc1cccc(NC(=O)c2ccc(OC)c(OC)c2)c1)c1ccccc1. The number of hydrogen-bond acceptors (Lipinski definition) is 8. The highest BCUT2D eigenvalue weighted by Crippen LogP contribution is 2.40. The molecule has 2 amide bonds. The molecule has 4 aromatic carbocycles. The molecule has 0 aliphatic rings. The smallest absolute Gasteiger partial charge is 0.341 e. The quantitative estimate of drug-likeness (QED) is 0.102. The van der Waals surface area contributed by atoms with Crippen molar-refractivity contribution in [3.63, 3.8) is 0 Å². The van der Waals surface area contributed by atoms with Crippen molar-refractivity contribution in [1.82, 2.24) is 0 Å². The van der Waals surface area contributed by atoms with Gasteiger partial charge in [0.05, 0.1) is 20.8 Å². The Labute approximate surface area is 282 Å². The van der Waals surface area contributed by atoms with Crippen LogP contribution in [0, 0.1) is 6.92 Å². The maximum atomic E-state index is 14.0. The van der Waals surface area contributed by atoms with Crippen molar-refractivity contribution in [3.8, 4) is 22.6 Å². The third kappa shape index (κ3) is 8.03. The second kappa shape index (κ2) is 15.5. The molecule has 1 aromatic heterocycles. The summed E-state index contributed by atoms with van der Waals surface area (Å²) in [5.41, 5.74) is 4.73. The predicted molar refractivity (Wildman–Crippen MR) is 188 cm³/mol. The van der Waals surface area contributed by atoms with Crippen molar-refractivity contribution < 1.29 is 28.6 Å². The third-order valence-corrected chi connectivity index (χ3v) is 9.35. The van der Waals surface area contributed by atoms with E-state index in [1.54, 1.807) is 31.2 Å². The molecule has 240 valence electrons. The fourth-order valence-electron chi connectivity index (χ4n) is 4.84. The van der Waals surface area contributed by atoms with Crippen LogP contribution in [-0.4, -0.2) is 38.6 Å². The van der Waals surface area contributed by atoms with E-state index in [0.29, 0.717) is 38.9 Å². The van der Waals surface area contributed by atoms with Crippen LogP contribution in [-0.2, 0) is 9.53 Å².